The van der Waals surface area contributed by atoms with E-state index < -0.39 is 0 Å². The van der Waals surface area contributed by atoms with Crippen LogP contribution in [0, 0.1) is 0 Å². The maximum absolute atomic E-state index is 12.1. The number of benzene rings is 2. The second kappa shape index (κ2) is 9.12. The van der Waals surface area contributed by atoms with Crippen LogP contribution in [0.2, 0.25) is 0 Å². The van der Waals surface area contributed by atoms with Crippen LogP contribution in [0.4, 0.5) is 0 Å². The Bertz CT molecular complexity index is 658. The second-order valence-electron chi connectivity index (χ2n) is 4.85. The van der Waals surface area contributed by atoms with Crippen LogP contribution < -0.4 is 5.32 Å². The Morgan fingerprint density at radius 3 is 2.52 bits per heavy atom. The molecule has 1 N–H and O–H groups in total. The van der Waals surface area contributed by atoms with Crippen molar-refractivity contribution in [2.24, 2.45) is 0 Å². The number of ketones is 1. The van der Waals surface area contributed by atoms with Gasteiger partial charge in [-0.2, -0.15) is 0 Å². The fourth-order valence-corrected chi connectivity index (χ4v) is 2.80. The fourth-order valence-electron chi connectivity index (χ4n) is 1.95. The SMILES string of the molecule is COCCNC(=O)c1cccc(SCC(=O)c2ccccc2)c1. The predicted molar refractivity (Wildman–Crippen MR) is 92.1 cm³/mol. The third kappa shape index (κ3) is 5.54. The van der Waals surface area contributed by atoms with Crippen molar-refractivity contribution in [3.63, 3.8) is 0 Å². The first-order valence-corrected chi connectivity index (χ1v) is 8.27. The van der Waals surface area contributed by atoms with Gasteiger partial charge in [0.2, 0.25) is 0 Å². The smallest absolute Gasteiger partial charge is 0.251 e. The summed E-state index contributed by atoms with van der Waals surface area (Å²) in [5, 5.41) is 2.78. The molecule has 0 aromatic heterocycles. The van der Waals surface area contributed by atoms with Gasteiger partial charge in [-0.3, -0.25) is 9.59 Å². The van der Waals surface area contributed by atoms with E-state index in [4.69, 9.17) is 4.74 Å². The molecule has 0 aliphatic carbocycles. The molecule has 4 nitrogen and oxygen atoms in total. The van der Waals surface area contributed by atoms with E-state index in [-0.39, 0.29) is 11.7 Å². The Kier molecular flexibility index (Phi) is 6.84. The van der Waals surface area contributed by atoms with Crippen LogP contribution in [0.1, 0.15) is 20.7 Å². The molecule has 0 fully saturated rings. The monoisotopic (exact) mass is 329 g/mol. The zero-order valence-electron chi connectivity index (χ0n) is 13.0. The third-order valence-electron chi connectivity index (χ3n) is 3.15. The van der Waals surface area contributed by atoms with E-state index >= 15 is 0 Å². The molecule has 0 unspecified atom stereocenters. The Labute approximate surface area is 140 Å². The molecule has 0 saturated carbocycles. The average Bonchev–Trinajstić information content (AvgIpc) is 2.61. The molecule has 0 radical (unpaired) electrons. The number of carbonyl (C=O) groups excluding carboxylic acids is 2. The van der Waals surface area contributed by atoms with Crippen molar-refractivity contribution < 1.29 is 14.3 Å². The van der Waals surface area contributed by atoms with E-state index in [0.29, 0.717) is 30.0 Å². The van der Waals surface area contributed by atoms with E-state index in [2.05, 4.69) is 5.32 Å². The summed E-state index contributed by atoms with van der Waals surface area (Å²) in [6.07, 6.45) is 0. The lowest BCUT2D eigenvalue weighted by atomic mass is 10.2. The number of ether oxygens (including phenoxy) is 1. The second-order valence-corrected chi connectivity index (χ2v) is 5.90. The topological polar surface area (TPSA) is 55.4 Å². The summed E-state index contributed by atoms with van der Waals surface area (Å²) >= 11 is 1.43. The lowest BCUT2D eigenvalue weighted by molar-refractivity contribution is 0.0936. The first-order valence-electron chi connectivity index (χ1n) is 7.29. The van der Waals surface area contributed by atoms with Gasteiger partial charge in [0.25, 0.3) is 5.91 Å². The van der Waals surface area contributed by atoms with Crippen molar-refractivity contribution in [1.29, 1.82) is 0 Å². The molecule has 0 spiro atoms. The quantitative estimate of drug-likeness (QED) is 0.459. The van der Waals surface area contributed by atoms with E-state index in [1.165, 1.54) is 11.8 Å². The molecule has 0 aliphatic heterocycles. The minimum absolute atomic E-state index is 0.0746. The summed E-state index contributed by atoms with van der Waals surface area (Å²) in [6.45, 7) is 0.949. The van der Waals surface area contributed by atoms with Gasteiger partial charge in [0.1, 0.15) is 0 Å². The molecule has 0 saturated heterocycles. The fraction of sp³-hybridized carbons (Fsp3) is 0.222. The molecule has 23 heavy (non-hydrogen) atoms. The number of hydrogen-bond acceptors (Lipinski definition) is 4. The lowest BCUT2D eigenvalue weighted by Crippen LogP contribution is -2.26. The third-order valence-corrected chi connectivity index (χ3v) is 4.15. The van der Waals surface area contributed by atoms with Crippen LogP contribution in [0.3, 0.4) is 0 Å². The molecule has 2 rings (SSSR count). The van der Waals surface area contributed by atoms with Crippen molar-refractivity contribution in [2.45, 2.75) is 4.90 Å². The van der Waals surface area contributed by atoms with Crippen LogP contribution in [-0.2, 0) is 4.74 Å². The summed E-state index contributed by atoms with van der Waals surface area (Å²) in [4.78, 5) is 25.0. The van der Waals surface area contributed by atoms with Crippen LogP contribution in [0.15, 0.2) is 59.5 Å². The molecule has 5 heteroatoms. The van der Waals surface area contributed by atoms with Gasteiger partial charge in [0, 0.05) is 29.7 Å². The number of methoxy groups -OCH3 is 1. The number of rotatable bonds is 8. The summed E-state index contributed by atoms with van der Waals surface area (Å²) in [5.74, 6) is 0.281. The summed E-state index contributed by atoms with van der Waals surface area (Å²) in [6, 6.07) is 16.5. The maximum Gasteiger partial charge on any atom is 0.251 e. The summed E-state index contributed by atoms with van der Waals surface area (Å²) < 4.78 is 4.90. The predicted octanol–water partition coefficient (Wildman–Crippen LogP) is 3.04. The van der Waals surface area contributed by atoms with Gasteiger partial charge in [-0.05, 0) is 18.2 Å². The molecular formula is C18H19NO3S. The van der Waals surface area contributed by atoms with Crippen LogP contribution >= 0.6 is 11.8 Å². The number of thioether (sulfide) groups is 1. The average molecular weight is 329 g/mol. The van der Waals surface area contributed by atoms with Gasteiger partial charge in [-0.15, -0.1) is 11.8 Å². The Morgan fingerprint density at radius 1 is 1.04 bits per heavy atom. The number of nitrogens with one attached hydrogen (secondary N) is 1. The highest BCUT2D eigenvalue weighted by Crippen LogP contribution is 2.20. The first kappa shape index (κ1) is 17.2. The lowest BCUT2D eigenvalue weighted by Gasteiger charge is -2.06. The molecule has 120 valence electrons. The van der Waals surface area contributed by atoms with Crippen molar-refractivity contribution in [2.75, 3.05) is 26.0 Å². The zero-order valence-corrected chi connectivity index (χ0v) is 13.8. The van der Waals surface area contributed by atoms with Crippen LogP contribution in [0.5, 0.6) is 0 Å². The molecule has 1 amide bonds. The molecule has 2 aromatic carbocycles. The number of carbonyl (C=O) groups is 2. The van der Waals surface area contributed by atoms with Crippen LogP contribution in [-0.4, -0.2) is 37.7 Å². The highest BCUT2D eigenvalue weighted by atomic mass is 32.2. The molecular weight excluding hydrogens is 310 g/mol. The van der Waals surface area contributed by atoms with E-state index in [1.54, 1.807) is 19.2 Å². The normalized spacial score (nSPS) is 10.3. The minimum Gasteiger partial charge on any atom is -0.383 e. The Hall–Kier alpha value is -2.11. The van der Waals surface area contributed by atoms with Crippen molar-refractivity contribution in [1.82, 2.24) is 5.32 Å². The summed E-state index contributed by atoms with van der Waals surface area (Å²) in [7, 11) is 1.59. The van der Waals surface area contributed by atoms with E-state index in [1.807, 2.05) is 42.5 Å². The van der Waals surface area contributed by atoms with Gasteiger partial charge in [-0.25, -0.2) is 0 Å². The van der Waals surface area contributed by atoms with E-state index in [0.717, 1.165) is 4.90 Å². The molecule has 0 bridgehead atoms. The van der Waals surface area contributed by atoms with Crippen molar-refractivity contribution in [3.05, 3.63) is 65.7 Å². The van der Waals surface area contributed by atoms with Gasteiger partial charge in [-0.1, -0.05) is 36.4 Å². The number of Topliss-reactive ketones (excluding diaryl/α,β-unsaturated/α-hetero) is 1. The van der Waals surface area contributed by atoms with Crippen LogP contribution in [0.25, 0.3) is 0 Å². The van der Waals surface area contributed by atoms with Gasteiger partial charge < -0.3 is 10.1 Å². The largest absolute Gasteiger partial charge is 0.383 e. The summed E-state index contributed by atoms with van der Waals surface area (Å²) in [5.41, 5.74) is 1.28. The van der Waals surface area contributed by atoms with Crippen molar-refractivity contribution in [3.8, 4) is 0 Å². The maximum atomic E-state index is 12.1. The van der Waals surface area contributed by atoms with Gasteiger partial charge in [0.05, 0.1) is 12.4 Å². The van der Waals surface area contributed by atoms with Gasteiger partial charge >= 0.3 is 0 Å². The van der Waals surface area contributed by atoms with E-state index in [9.17, 15) is 9.59 Å². The minimum atomic E-state index is -0.140. The first-order chi connectivity index (χ1) is 11.2. The Balaban J connectivity index is 1.92. The number of amides is 1. The zero-order chi connectivity index (χ0) is 16.5. The number of hydrogen-bond donors (Lipinski definition) is 1. The highest BCUT2D eigenvalue weighted by molar-refractivity contribution is 8.00. The highest BCUT2D eigenvalue weighted by Gasteiger charge is 2.08. The molecule has 0 heterocycles. The molecule has 0 atom stereocenters. The van der Waals surface area contributed by atoms with Crippen molar-refractivity contribution >= 4 is 23.5 Å². The molecule has 0 aliphatic rings. The standard InChI is InChI=1S/C18H19NO3S/c1-22-11-10-19-18(21)15-8-5-9-16(12-15)23-13-17(20)14-6-3-2-4-7-14/h2-9,12H,10-11,13H2,1H3,(H,19,21). The Morgan fingerprint density at radius 2 is 1.78 bits per heavy atom. The van der Waals surface area contributed by atoms with Gasteiger partial charge in [0.15, 0.2) is 5.78 Å². The molecule has 2 aromatic rings.